The largest absolute Gasteiger partial charge is 0.483 e. The molecule has 0 atom stereocenters. The number of fused-ring (bicyclic) bond motifs is 1. The molecule has 1 amide bonds. The number of amides is 1. The van der Waals surface area contributed by atoms with Gasteiger partial charge in [0, 0.05) is 37.1 Å². The van der Waals surface area contributed by atoms with Gasteiger partial charge in [-0.05, 0) is 23.8 Å². The average Bonchev–Trinajstić information content (AvgIpc) is 2.67. The highest BCUT2D eigenvalue weighted by molar-refractivity contribution is 5.76. The molecule has 0 unspecified atom stereocenters. The summed E-state index contributed by atoms with van der Waals surface area (Å²) >= 11 is 0. The van der Waals surface area contributed by atoms with Crippen molar-refractivity contribution in [3.05, 3.63) is 48.0 Å². The Morgan fingerprint density at radius 2 is 2.00 bits per heavy atom. The second-order valence-electron chi connectivity index (χ2n) is 6.63. The zero-order valence-corrected chi connectivity index (χ0v) is 14.5. The van der Waals surface area contributed by atoms with E-state index in [1.807, 2.05) is 36.4 Å². The zero-order valence-electron chi connectivity index (χ0n) is 14.5. The van der Waals surface area contributed by atoms with Gasteiger partial charge in [0.25, 0.3) is 5.91 Å². The molecule has 2 aromatic carbocycles. The number of primary amides is 1. The van der Waals surface area contributed by atoms with Crippen LogP contribution in [0.2, 0.25) is 0 Å². The highest BCUT2D eigenvalue weighted by Crippen LogP contribution is 2.39. The van der Waals surface area contributed by atoms with Crippen molar-refractivity contribution in [2.24, 2.45) is 5.73 Å². The van der Waals surface area contributed by atoms with E-state index in [1.54, 1.807) is 0 Å². The topological polar surface area (TPSA) is 82.8 Å². The molecule has 0 saturated carbocycles. The standard InChI is InChI=1S/C20H22N2O4/c21-19(23)13-24-18-4-2-1-3-16(18)14-5-6-17-15(11-14)12-25-20(26-17)7-9-22-10-8-20/h1-6,11,22H,7-10,12-13H2,(H2,21,23). The Hall–Kier alpha value is -2.57. The Kier molecular flexibility index (Phi) is 4.53. The minimum Gasteiger partial charge on any atom is -0.483 e. The molecule has 1 saturated heterocycles. The minimum absolute atomic E-state index is 0.148. The lowest BCUT2D eigenvalue weighted by Crippen LogP contribution is -2.49. The van der Waals surface area contributed by atoms with Crippen LogP contribution >= 0.6 is 0 Å². The monoisotopic (exact) mass is 354 g/mol. The van der Waals surface area contributed by atoms with Crippen LogP contribution < -0.4 is 20.5 Å². The lowest BCUT2D eigenvalue weighted by molar-refractivity contribution is -0.218. The SMILES string of the molecule is NC(=O)COc1ccccc1-c1ccc2c(c1)COC1(CCNCC1)O2. The first-order valence-electron chi connectivity index (χ1n) is 8.82. The van der Waals surface area contributed by atoms with Crippen molar-refractivity contribution in [3.8, 4) is 22.6 Å². The summed E-state index contributed by atoms with van der Waals surface area (Å²) < 4.78 is 17.8. The molecule has 1 spiro atoms. The molecule has 0 aromatic heterocycles. The molecule has 2 aromatic rings. The van der Waals surface area contributed by atoms with Gasteiger partial charge >= 0.3 is 0 Å². The summed E-state index contributed by atoms with van der Waals surface area (Å²) in [5.41, 5.74) is 8.08. The van der Waals surface area contributed by atoms with Gasteiger partial charge in [-0.1, -0.05) is 24.3 Å². The van der Waals surface area contributed by atoms with Crippen LogP contribution in [-0.4, -0.2) is 31.4 Å². The second kappa shape index (κ2) is 6.97. The molecule has 3 N–H and O–H groups in total. The molecule has 6 heteroatoms. The van der Waals surface area contributed by atoms with E-state index in [-0.39, 0.29) is 6.61 Å². The lowest BCUT2D eigenvalue weighted by atomic mass is 9.99. The third kappa shape index (κ3) is 3.38. The molecular formula is C20H22N2O4. The third-order valence-electron chi connectivity index (χ3n) is 4.78. The molecular weight excluding hydrogens is 332 g/mol. The van der Waals surface area contributed by atoms with E-state index in [4.69, 9.17) is 19.9 Å². The number of carbonyl (C=O) groups is 1. The molecule has 136 valence electrons. The second-order valence-corrected chi connectivity index (χ2v) is 6.63. The Labute approximate surface area is 152 Å². The summed E-state index contributed by atoms with van der Waals surface area (Å²) in [5, 5.41) is 3.33. The van der Waals surface area contributed by atoms with E-state index in [0.29, 0.717) is 12.4 Å². The van der Waals surface area contributed by atoms with Crippen LogP contribution in [0, 0.1) is 0 Å². The number of nitrogens with one attached hydrogen (secondary N) is 1. The van der Waals surface area contributed by atoms with Crippen LogP contribution in [0.4, 0.5) is 0 Å². The fourth-order valence-corrected chi connectivity index (χ4v) is 3.43. The van der Waals surface area contributed by atoms with Gasteiger partial charge < -0.3 is 25.3 Å². The first-order chi connectivity index (χ1) is 12.7. The van der Waals surface area contributed by atoms with Gasteiger partial charge in [-0.2, -0.15) is 0 Å². The van der Waals surface area contributed by atoms with E-state index >= 15 is 0 Å². The Balaban J connectivity index is 1.60. The molecule has 26 heavy (non-hydrogen) atoms. The summed E-state index contributed by atoms with van der Waals surface area (Å²) in [7, 11) is 0. The maximum atomic E-state index is 11.0. The molecule has 2 heterocycles. The number of nitrogens with two attached hydrogens (primary N) is 1. The van der Waals surface area contributed by atoms with Crippen LogP contribution in [0.1, 0.15) is 18.4 Å². The number of carbonyl (C=O) groups excluding carboxylic acids is 1. The lowest BCUT2D eigenvalue weighted by Gasteiger charge is -2.41. The summed E-state index contributed by atoms with van der Waals surface area (Å²) in [4.78, 5) is 11.0. The molecule has 2 aliphatic rings. The fraction of sp³-hybridized carbons (Fsp3) is 0.350. The molecule has 1 fully saturated rings. The van der Waals surface area contributed by atoms with E-state index < -0.39 is 11.7 Å². The Morgan fingerprint density at radius 3 is 2.81 bits per heavy atom. The van der Waals surface area contributed by atoms with Crippen LogP contribution in [-0.2, 0) is 16.1 Å². The van der Waals surface area contributed by atoms with Crippen molar-refractivity contribution in [3.63, 3.8) is 0 Å². The number of hydrogen-bond donors (Lipinski definition) is 2. The fourth-order valence-electron chi connectivity index (χ4n) is 3.43. The normalized spacial score (nSPS) is 18.0. The Morgan fingerprint density at radius 1 is 1.19 bits per heavy atom. The smallest absolute Gasteiger partial charge is 0.255 e. The van der Waals surface area contributed by atoms with E-state index in [0.717, 1.165) is 48.4 Å². The summed E-state index contributed by atoms with van der Waals surface area (Å²) in [6.07, 6.45) is 1.69. The first-order valence-corrected chi connectivity index (χ1v) is 8.82. The highest BCUT2D eigenvalue weighted by Gasteiger charge is 2.38. The van der Waals surface area contributed by atoms with Gasteiger partial charge in [0.15, 0.2) is 6.61 Å². The number of piperidine rings is 1. The molecule has 0 radical (unpaired) electrons. The van der Waals surface area contributed by atoms with Gasteiger partial charge in [-0.25, -0.2) is 0 Å². The maximum Gasteiger partial charge on any atom is 0.255 e. The van der Waals surface area contributed by atoms with Crippen molar-refractivity contribution in [1.29, 1.82) is 0 Å². The zero-order chi connectivity index (χ0) is 18.0. The Bertz CT molecular complexity index is 815. The molecule has 6 nitrogen and oxygen atoms in total. The maximum absolute atomic E-state index is 11.0. The number of hydrogen-bond acceptors (Lipinski definition) is 5. The van der Waals surface area contributed by atoms with E-state index in [9.17, 15) is 4.79 Å². The van der Waals surface area contributed by atoms with Crippen LogP contribution in [0.25, 0.3) is 11.1 Å². The van der Waals surface area contributed by atoms with Gasteiger partial charge in [-0.3, -0.25) is 4.79 Å². The predicted octanol–water partition coefficient (Wildman–Crippen LogP) is 2.21. The van der Waals surface area contributed by atoms with Gasteiger partial charge in [0.05, 0.1) is 6.61 Å². The van der Waals surface area contributed by atoms with Gasteiger partial charge in [0.1, 0.15) is 11.5 Å². The van der Waals surface area contributed by atoms with Crippen molar-refractivity contribution in [2.45, 2.75) is 25.2 Å². The number of para-hydroxylation sites is 1. The van der Waals surface area contributed by atoms with Crippen LogP contribution in [0.5, 0.6) is 11.5 Å². The quantitative estimate of drug-likeness (QED) is 0.880. The van der Waals surface area contributed by atoms with Crippen molar-refractivity contribution in [1.82, 2.24) is 5.32 Å². The van der Waals surface area contributed by atoms with Crippen LogP contribution in [0.3, 0.4) is 0 Å². The average molecular weight is 354 g/mol. The minimum atomic E-state index is -0.501. The number of ether oxygens (including phenoxy) is 3. The predicted molar refractivity (Wildman–Crippen MR) is 96.8 cm³/mol. The summed E-state index contributed by atoms with van der Waals surface area (Å²) in [6.45, 7) is 2.17. The van der Waals surface area contributed by atoms with Crippen molar-refractivity contribution >= 4 is 5.91 Å². The first kappa shape index (κ1) is 16.9. The molecule has 0 bridgehead atoms. The number of benzene rings is 2. The molecule has 0 aliphatic carbocycles. The molecule has 2 aliphatic heterocycles. The number of rotatable bonds is 4. The summed E-state index contributed by atoms with van der Waals surface area (Å²) in [6, 6.07) is 13.6. The van der Waals surface area contributed by atoms with Gasteiger partial charge in [0.2, 0.25) is 5.79 Å². The third-order valence-corrected chi connectivity index (χ3v) is 4.78. The highest BCUT2D eigenvalue weighted by atomic mass is 16.7. The molecule has 4 rings (SSSR count). The van der Waals surface area contributed by atoms with E-state index in [2.05, 4.69) is 11.4 Å². The van der Waals surface area contributed by atoms with Crippen molar-refractivity contribution in [2.75, 3.05) is 19.7 Å². The van der Waals surface area contributed by atoms with E-state index in [1.165, 1.54) is 0 Å². The van der Waals surface area contributed by atoms with Crippen LogP contribution in [0.15, 0.2) is 42.5 Å². The van der Waals surface area contributed by atoms with Crippen molar-refractivity contribution < 1.29 is 19.0 Å². The van der Waals surface area contributed by atoms with Gasteiger partial charge in [-0.15, -0.1) is 0 Å². The summed E-state index contributed by atoms with van der Waals surface area (Å²) in [5.74, 6) is 0.498.